The van der Waals surface area contributed by atoms with Gasteiger partial charge in [0.15, 0.2) is 5.16 Å². The molecule has 94 valence electrons. The number of fused-ring (bicyclic) bond motifs is 1. The van der Waals surface area contributed by atoms with Crippen LogP contribution in [0.5, 0.6) is 0 Å². The van der Waals surface area contributed by atoms with Gasteiger partial charge in [0.2, 0.25) is 0 Å². The normalized spacial score (nSPS) is 10.8. The van der Waals surface area contributed by atoms with Gasteiger partial charge in [0.1, 0.15) is 0 Å². The Morgan fingerprint density at radius 2 is 1.84 bits per heavy atom. The van der Waals surface area contributed by atoms with Crippen molar-refractivity contribution in [1.82, 2.24) is 15.0 Å². The summed E-state index contributed by atoms with van der Waals surface area (Å²) in [6.45, 7) is 2.02. The monoisotopic (exact) mass is 267 g/mol. The molecule has 3 aromatic rings. The zero-order valence-corrected chi connectivity index (χ0v) is 11.4. The Labute approximate surface area is 116 Å². The summed E-state index contributed by atoms with van der Waals surface area (Å²) in [5, 5.41) is 1.92. The van der Waals surface area contributed by atoms with Gasteiger partial charge in [0.05, 0.1) is 11.2 Å². The van der Waals surface area contributed by atoms with Gasteiger partial charge >= 0.3 is 0 Å². The first kappa shape index (κ1) is 12.1. The number of thioether (sulfide) groups is 1. The molecule has 4 heteroatoms. The lowest BCUT2D eigenvalue weighted by molar-refractivity contribution is 0.966. The van der Waals surface area contributed by atoms with E-state index >= 15 is 0 Å². The highest BCUT2D eigenvalue weighted by Crippen LogP contribution is 2.22. The molecular weight excluding hydrogens is 254 g/mol. The van der Waals surface area contributed by atoms with E-state index in [2.05, 4.69) is 21.0 Å². The zero-order valence-electron chi connectivity index (χ0n) is 10.6. The molecule has 0 fully saturated rings. The van der Waals surface area contributed by atoms with Crippen molar-refractivity contribution in [2.24, 2.45) is 0 Å². The number of para-hydroxylation sites is 1. The molecule has 2 heterocycles. The van der Waals surface area contributed by atoms with Gasteiger partial charge in [-0.25, -0.2) is 9.97 Å². The molecule has 0 amide bonds. The van der Waals surface area contributed by atoms with Crippen LogP contribution in [0.3, 0.4) is 0 Å². The van der Waals surface area contributed by atoms with E-state index in [4.69, 9.17) is 0 Å². The summed E-state index contributed by atoms with van der Waals surface area (Å²) < 4.78 is 0. The minimum absolute atomic E-state index is 0.790. The summed E-state index contributed by atoms with van der Waals surface area (Å²) in [7, 11) is 0. The lowest BCUT2D eigenvalue weighted by Crippen LogP contribution is -1.93. The Morgan fingerprint density at radius 1 is 1.00 bits per heavy atom. The maximum Gasteiger partial charge on any atom is 0.188 e. The van der Waals surface area contributed by atoms with Crippen molar-refractivity contribution in [2.45, 2.75) is 17.8 Å². The predicted octanol–water partition coefficient (Wildman–Crippen LogP) is 3.63. The topological polar surface area (TPSA) is 38.7 Å². The molecule has 0 radical (unpaired) electrons. The molecule has 3 nitrogen and oxygen atoms in total. The van der Waals surface area contributed by atoms with E-state index in [9.17, 15) is 0 Å². The third kappa shape index (κ3) is 2.74. The molecule has 0 aliphatic heterocycles. The van der Waals surface area contributed by atoms with Gasteiger partial charge in [-0.2, -0.15) is 0 Å². The minimum atomic E-state index is 0.790. The van der Waals surface area contributed by atoms with E-state index in [1.807, 2.05) is 49.5 Å². The van der Waals surface area contributed by atoms with Gasteiger partial charge < -0.3 is 0 Å². The van der Waals surface area contributed by atoms with Crippen LogP contribution < -0.4 is 0 Å². The molecule has 0 saturated carbocycles. The van der Waals surface area contributed by atoms with Crippen LogP contribution in [-0.4, -0.2) is 15.0 Å². The molecule has 0 spiro atoms. The predicted molar refractivity (Wildman–Crippen MR) is 78.1 cm³/mol. The highest BCUT2D eigenvalue weighted by atomic mass is 32.2. The number of hydrogen-bond acceptors (Lipinski definition) is 4. The maximum atomic E-state index is 4.58. The number of aryl methyl sites for hydroxylation is 1. The van der Waals surface area contributed by atoms with Crippen LogP contribution in [0.15, 0.2) is 53.8 Å². The first-order chi connectivity index (χ1) is 9.33. The standard InChI is InChI=1S/C15H13N3S/c1-11-13-7-2-3-8-14(13)18-15(17-11)19-10-12-6-4-5-9-16-12/h2-9H,10H2,1H3. The fourth-order valence-electron chi connectivity index (χ4n) is 1.90. The lowest BCUT2D eigenvalue weighted by Gasteiger charge is -2.04. The Morgan fingerprint density at radius 3 is 2.68 bits per heavy atom. The summed E-state index contributed by atoms with van der Waals surface area (Å²) >= 11 is 1.62. The van der Waals surface area contributed by atoms with Crippen molar-refractivity contribution in [3.63, 3.8) is 0 Å². The molecule has 2 aromatic heterocycles. The highest BCUT2D eigenvalue weighted by Gasteiger charge is 2.05. The molecule has 0 saturated heterocycles. The van der Waals surface area contributed by atoms with Crippen LogP contribution in [0, 0.1) is 6.92 Å². The maximum absolute atomic E-state index is 4.58. The van der Waals surface area contributed by atoms with E-state index in [-0.39, 0.29) is 0 Å². The number of benzene rings is 1. The molecule has 0 atom stereocenters. The largest absolute Gasteiger partial charge is 0.260 e. The van der Waals surface area contributed by atoms with Crippen LogP contribution in [0.25, 0.3) is 10.9 Å². The highest BCUT2D eigenvalue weighted by molar-refractivity contribution is 7.98. The van der Waals surface area contributed by atoms with Crippen molar-refractivity contribution < 1.29 is 0 Å². The summed E-state index contributed by atoms with van der Waals surface area (Å²) in [6.07, 6.45) is 1.81. The average Bonchev–Trinajstić information content (AvgIpc) is 2.46. The number of hydrogen-bond donors (Lipinski definition) is 0. The summed E-state index contributed by atoms with van der Waals surface area (Å²) in [6, 6.07) is 14.0. The number of rotatable bonds is 3. The molecule has 1 aromatic carbocycles. The molecule has 0 bridgehead atoms. The second-order valence-electron chi connectivity index (χ2n) is 4.22. The van der Waals surface area contributed by atoms with Gasteiger partial charge in [-0.15, -0.1) is 0 Å². The van der Waals surface area contributed by atoms with Gasteiger partial charge in [-0.1, -0.05) is 36.0 Å². The van der Waals surface area contributed by atoms with Crippen molar-refractivity contribution in [3.05, 3.63) is 60.0 Å². The number of pyridine rings is 1. The second-order valence-corrected chi connectivity index (χ2v) is 5.16. The zero-order chi connectivity index (χ0) is 13.1. The van der Waals surface area contributed by atoms with Crippen molar-refractivity contribution in [2.75, 3.05) is 0 Å². The first-order valence-corrected chi connectivity index (χ1v) is 7.07. The van der Waals surface area contributed by atoms with E-state index < -0.39 is 0 Å². The summed E-state index contributed by atoms with van der Waals surface area (Å²) in [4.78, 5) is 13.4. The van der Waals surface area contributed by atoms with Crippen LogP contribution in [0.2, 0.25) is 0 Å². The SMILES string of the molecule is Cc1nc(SCc2ccccn2)nc2ccccc12. The van der Waals surface area contributed by atoms with Crippen LogP contribution in [0.1, 0.15) is 11.4 Å². The van der Waals surface area contributed by atoms with Crippen molar-refractivity contribution in [3.8, 4) is 0 Å². The van der Waals surface area contributed by atoms with Crippen molar-refractivity contribution in [1.29, 1.82) is 0 Å². The Kier molecular flexibility index (Phi) is 3.42. The summed E-state index contributed by atoms with van der Waals surface area (Å²) in [5.74, 6) is 0.790. The van der Waals surface area contributed by atoms with E-state index in [0.717, 1.165) is 33.2 Å². The fraction of sp³-hybridized carbons (Fsp3) is 0.133. The molecule has 0 aliphatic rings. The Balaban J connectivity index is 1.85. The first-order valence-electron chi connectivity index (χ1n) is 6.09. The van der Waals surface area contributed by atoms with Crippen LogP contribution >= 0.6 is 11.8 Å². The van der Waals surface area contributed by atoms with Crippen LogP contribution in [-0.2, 0) is 5.75 Å². The summed E-state index contributed by atoms with van der Waals surface area (Å²) in [5.41, 5.74) is 3.06. The fourth-order valence-corrected chi connectivity index (χ4v) is 2.71. The van der Waals surface area contributed by atoms with Gasteiger partial charge in [-0.3, -0.25) is 4.98 Å². The van der Waals surface area contributed by atoms with Crippen LogP contribution in [0.4, 0.5) is 0 Å². The molecule has 0 unspecified atom stereocenters. The average molecular weight is 267 g/mol. The smallest absolute Gasteiger partial charge is 0.188 e. The van der Waals surface area contributed by atoms with Gasteiger partial charge in [0, 0.05) is 23.0 Å². The second kappa shape index (κ2) is 5.36. The minimum Gasteiger partial charge on any atom is -0.260 e. The van der Waals surface area contributed by atoms with Crippen molar-refractivity contribution >= 4 is 22.7 Å². The number of nitrogens with zero attached hydrogens (tertiary/aromatic N) is 3. The van der Waals surface area contributed by atoms with Gasteiger partial charge in [0.25, 0.3) is 0 Å². The number of aromatic nitrogens is 3. The molecular formula is C15H13N3S. The molecule has 19 heavy (non-hydrogen) atoms. The van der Waals surface area contributed by atoms with Gasteiger partial charge in [-0.05, 0) is 25.1 Å². The third-order valence-corrected chi connectivity index (χ3v) is 3.73. The Bertz CT molecular complexity index is 698. The Hall–Kier alpha value is -1.94. The third-order valence-electron chi connectivity index (χ3n) is 2.85. The van der Waals surface area contributed by atoms with E-state index in [1.54, 1.807) is 11.8 Å². The molecule has 0 aliphatic carbocycles. The van der Waals surface area contributed by atoms with E-state index in [1.165, 1.54) is 0 Å². The molecule has 3 rings (SSSR count). The quantitative estimate of drug-likeness (QED) is 0.536. The lowest BCUT2D eigenvalue weighted by atomic mass is 10.2. The molecule has 0 N–H and O–H groups in total. The van der Waals surface area contributed by atoms with E-state index in [0.29, 0.717) is 0 Å².